The third-order valence-electron chi connectivity index (χ3n) is 4.37. The van der Waals surface area contributed by atoms with E-state index in [0.29, 0.717) is 5.78 Å². The summed E-state index contributed by atoms with van der Waals surface area (Å²) in [4.78, 5) is 14.7. The first-order valence-electron chi connectivity index (χ1n) is 7.41. The number of methoxy groups -OCH3 is 1. The van der Waals surface area contributed by atoms with Crippen LogP contribution in [0.3, 0.4) is 0 Å². The Morgan fingerprint density at radius 1 is 1.35 bits per heavy atom. The Bertz CT molecular complexity index is 470. The van der Waals surface area contributed by atoms with Crippen LogP contribution in [0.15, 0.2) is 24.3 Å². The molecule has 0 aromatic heterocycles. The molecule has 0 amide bonds. The summed E-state index contributed by atoms with van der Waals surface area (Å²) in [6.07, 6.45) is 4.71. The minimum absolute atomic E-state index is 0.273. The van der Waals surface area contributed by atoms with Crippen LogP contribution in [0.1, 0.15) is 37.7 Å². The predicted molar refractivity (Wildman–Crippen MR) is 81.3 cm³/mol. The van der Waals surface area contributed by atoms with Gasteiger partial charge in [0, 0.05) is 6.42 Å². The molecule has 110 valence electrons. The van der Waals surface area contributed by atoms with E-state index in [1.165, 1.54) is 0 Å². The van der Waals surface area contributed by atoms with Gasteiger partial charge in [0.25, 0.3) is 0 Å². The molecule has 0 bridgehead atoms. The molecule has 0 radical (unpaired) electrons. The van der Waals surface area contributed by atoms with Crippen LogP contribution >= 0.6 is 0 Å². The van der Waals surface area contributed by atoms with Crippen molar-refractivity contribution in [3.05, 3.63) is 29.8 Å². The van der Waals surface area contributed by atoms with Crippen molar-refractivity contribution in [2.75, 3.05) is 27.7 Å². The molecule has 3 heteroatoms. The van der Waals surface area contributed by atoms with Gasteiger partial charge in [-0.3, -0.25) is 4.79 Å². The van der Waals surface area contributed by atoms with Gasteiger partial charge in [-0.1, -0.05) is 12.1 Å². The molecular weight excluding hydrogens is 250 g/mol. The number of ether oxygens (including phenoxy) is 1. The van der Waals surface area contributed by atoms with Crippen LogP contribution in [-0.2, 0) is 10.2 Å². The molecular formula is C17H25NO2. The second-order valence-electron chi connectivity index (χ2n) is 6.00. The lowest BCUT2D eigenvalue weighted by Gasteiger charge is -2.29. The maximum atomic E-state index is 12.5. The van der Waals surface area contributed by atoms with Crippen LogP contribution in [0.25, 0.3) is 0 Å². The molecule has 3 nitrogen and oxygen atoms in total. The van der Waals surface area contributed by atoms with E-state index in [9.17, 15) is 4.79 Å². The van der Waals surface area contributed by atoms with E-state index >= 15 is 0 Å². The maximum absolute atomic E-state index is 12.5. The second-order valence-corrected chi connectivity index (χ2v) is 6.00. The van der Waals surface area contributed by atoms with Crippen molar-refractivity contribution < 1.29 is 9.53 Å². The molecule has 0 aliphatic heterocycles. The fraction of sp³-hybridized carbons (Fsp3) is 0.588. The number of hydrogen-bond acceptors (Lipinski definition) is 3. The van der Waals surface area contributed by atoms with Crippen molar-refractivity contribution in [2.24, 2.45) is 0 Å². The normalized spacial score (nSPS) is 22.5. The van der Waals surface area contributed by atoms with Crippen LogP contribution in [0.4, 0.5) is 0 Å². The number of carbonyl (C=O) groups excluding carboxylic acids is 1. The smallest absolute Gasteiger partial charge is 0.143 e. The van der Waals surface area contributed by atoms with Gasteiger partial charge in [0.2, 0.25) is 0 Å². The molecule has 2 rings (SSSR count). The number of carbonyl (C=O) groups is 1. The molecule has 1 atom stereocenters. The Morgan fingerprint density at radius 3 is 2.75 bits per heavy atom. The number of Topliss-reactive ketones (excluding diaryl/α,β-unsaturated/α-hetero) is 1. The highest BCUT2D eigenvalue weighted by Crippen LogP contribution is 2.42. The van der Waals surface area contributed by atoms with Gasteiger partial charge in [-0.25, -0.2) is 0 Å². The highest BCUT2D eigenvalue weighted by Gasteiger charge is 2.42. The summed E-state index contributed by atoms with van der Waals surface area (Å²) in [7, 11) is 5.83. The fourth-order valence-corrected chi connectivity index (χ4v) is 3.26. The summed E-state index contributed by atoms with van der Waals surface area (Å²) in [6.45, 7) is 1.03. The maximum Gasteiger partial charge on any atom is 0.143 e. The molecule has 0 saturated heterocycles. The monoisotopic (exact) mass is 275 g/mol. The van der Waals surface area contributed by atoms with Gasteiger partial charge >= 0.3 is 0 Å². The van der Waals surface area contributed by atoms with Crippen LogP contribution in [0.2, 0.25) is 0 Å². The molecule has 1 aromatic rings. The number of benzene rings is 1. The number of rotatable bonds is 6. The first kappa shape index (κ1) is 15.0. The van der Waals surface area contributed by atoms with Gasteiger partial charge in [0.1, 0.15) is 11.5 Å². The zero-order valence-corrected chi connectivity index (χ0v) is 12.8. The van der Waals surface area contributed by atoms with Gasteiger partial charge in [-0.05, 0) is 64.0 Å². The lowest BCUT2D eigenvalue weighted by molar-refractivity contribution is -0.122. The Balaban J connectivity index is 2.24. The zero-order valence-electron chi connectivity index (χ0n) is 12.8. The molecule has 1 aromatic carbocycles. The van der Waals surface area contributed by atoms with Crippen molar-refractivity contribution in [1.82, 2.24) is 4.90 Å². The van der Waals surface area contributed by atoms with E-state index in [2.05, 4.69) is 25.1 Å². The Kier molecular flexibility index (Phi) is 4.81. The van der Waals surface area contributed by atoms with E-state index in [-0.39, 0.29) is 5.41 Å². The molecule has 20 heavy (non-hydrogen) atoms. The molecule has 0 spiro atoms. The highest BCUT2D eigenvalue weighted by atomic mass is 16.5. The largest absolute Gasteiger partial charge is 0.497 e. The molecule has 0 N–H and O–H groups in total. The number of ketones is 1. The predicted octanol–water partition coefficient (Wildman–Crippen LogP) is 3.03. The summed E-state index contributed by atoms with van der Waals surface area (Å²) in [5.41, 5.74) is 0.864. The van der Waals surface area contributed by atoms with E-state index in [0.717, 1.165) is 50.0 Å². The van der Waals surface area contributed by atoms with Crippen LogP contribution in [0.5, 0.6) is 5.75 Å². The van der Waals surface area contributed by atoms with Gasteiger partial charge in [0.15, 0.2) is 0 Å². The first-order chi connectivity index (χ1) is 9.58. The summed E-state index contributed by atoms with van der Waals surface area (Å²) in [5.74, 6) is 1.25. The minimum Gasteiger partial charge on any atom is -0.497 e. The van der Waals surface area contributed by atoms with Crippen molar-refractivity contribution in [1.29, 1.82) is 0 Å². The van der Waals surface area contributed by atoms with Gasteiger partial charge in [0.05, 0.1) is 12.5 Å². The zero-order chi connectivity index (χ0) is 14.6. The Hall–Kier alpha value is -1.35. The third-order valence-corrected chi connectivity index (χ3v) is 4.37. The molecule has 1 aliphatic carbocycles. The van der Waals surface area contributed by atoms with Crippen molar-refractivity contribution in [3.63, 3.8) is 0 Å². The lowest BCUT2D eigenvalue weighted by Crippen LogP contribution is -2.32. The first-order valence-corrected chi connectivity index (χ1v) is 7.41. The number of nitrogens with zero attached hydrogens (tertiary/aromatic N) is 1. The SMILES string of the molecule is COc1cccc([C@@]2(CCCN(C)C)CCCC2=O)c1. The van der Waals surface area contributed by atoms with E-state index in [4.69, 9.17) is 4.74 Å². The van der Waals surface area contributed by atoms with Crippen LogP contribution < -0.4 is 4.74 Å². The average Bonchev–Trinajstić information content (AvgIpc) is 2.81. The summed E-state index contributed by atoms with van der Waals surface area (Å²) in [6, 6.07) is 8.06. The minimum atomic E-state index is -0.273. The molecule has 1 fully saturated rings. The Morgan fingerprint density at radius 2 is 2.15 bits per heavy atom. The number of hydrogen-bond donors (Lipinski definition) is 0. The third kappa shape index (κ3) is 3.04. The van der Waals surface area contributed by atoms with Crippen molar-refractivity contribution in [3.8, 4) is 5.75 Å². The van der Waals surface area contributed by atoms with Crippen molar-refractivity contribution >= 4 is 5.78 Å². The van der Waals surface area contributed by atoms with Crippen LogP contribution in [0, 0.1) is 0 Å². The summed E-state index contributed by atoms with van der Waals surface area (Å²) < 4.78 is 5.32. The van der Waals surface area contributed by atoms with Gasteiger partial charge in [-0.2, -0.15) is 0 Å². The van der Waals surface area contributed by atoms with Crippen LogP contribution in [-0.4, -0.2) is 38.4 Å². The quantitative estimate of drug-likeness (QED) is 0.799. The summed E-state index contributed by atoms with van der Waals surface area (Å²) in [5, 5.41) is 0. The standard InChI is InChI=1S/C17H25NO2/c1-18(2)12-6-11-17(10-5-9-16(17)19)14-7-4-8-15(13-14)20-3/h4,7-8,13H,5-6,9-12H2,1-3H3/t17-/m0/s1. The topological polar surface area (TPSA) is 29.5 Å². The second kappa shape index (κ2) is 6.40. The molecule has 1 aliphatic rings. The van der Waals surface area contributed by atoms with Gasteiger partial charge in [-0.15, -0.1) is 0 Å². The molecule has 0 unspecified atom stereocenters. The fourth-order valence-electron chi connectivity index (χ4n) is 3.26. The molecule has 0 heterocycles. The van der Waals surface area contributed by atoms with E-state index in [1.54, 1.807) is 7.11 Å². The highest BCUT2D eigenvalue weighted by molar-refractivity contribution is 5.92. The van der Waals surface area contributed by atoms with Crippen molar-refractivity contribution in [2.45, 2.75) is 37.5 Å². The average molecular weight is 275 g/mol. The molecule has 1 saturated carbocycles. The lowest BCUT2D eigenvalue weighted by atomic mass is 9.74. The van der Waals surface area contributed by atoms with E-state index in [1.807, 2.05) is 18.2 Å². The Labute approximate surface area is 121 Å². The van der Waals surface area contributed by atoms with E-state index < -0.39 is 0 Å². The summed E-state index contributed by atoms with van der Waals surface area (Å²) >= 11 is 0. The van der Waals surface area contributed by atoms with Gasteiger partial charge < -0.3 is 9.64 Å².